The Hall–Kier alpha value is -1.72. The maximum atomic E-state index is 13.1. The molecule has 18 heavy (non-hydrogen) atoms. The van der Waals surface area contributed by atoms with E-state index in [4.69, 9.17) is 27.6 Å². The second kappa shape index (κ2) is 4.19. The van der Waals surface area contributed by atoms with Crippen LogP contribution in [0.5, 0.6) is 0 Å². The van der Waals surface area contributed by atoms with Gasteiger partial charge in [0.15, 0.2) is 5.76 Å². The van der Waals surface area contributed by atoms with Gasteiger partial charge in [-0.05, 0) is 47.5 Å². The zero-order valence-corrected chi connectivity index (χ0v) is 10.2. The number of hydrogen-bond acceptors (Lipinski definition) is 4. The molecule has 2 aromatic heterocycles. The van der Waals surface area contributed by atoms with E-state index in [2.05, 4.69) is 15.0 Å². The van der Waals surface area contributed by atoms with Crippen molar-refractivity contribution in [3.8, 4) is 11.6 Å². The Labute approximate surface area is 110 Å². The molecule has 0 bridgehead atoms. The predicted molar refractivity (Wildman–Crippen MR) is 65.0 cm³/mol. The average molecular weight is 284 g/mol. The Morgan fingerprint density at radius 3 is 2.44 bits per heavy atom. The quantitative estimate of drug-likeness (QED) is 0.683. The molecule has 0 aliphatic heterocycles. The molecule has 0 aliphatic carbocycles. The van der Waals surface area contributed by atoms with Gasteiger partial charge in [-0.15, -0.1) is 0 Å². The van der Waals surface area contributed by atoms with Gasteiger partial charge < -0.3 is 4.42 Å². The fourth-order valence-electron chi connectivity index (χ4n) is 1.56. The van der Waals surface area contributed by atoms with Gasteiger partial charge in [-0.1, -0.05) is 0 Å². The van der Waals surface area contributed by atoms with Crippen LogP contribution in [0, 0.1) is 5.82 Å². The van der Waals surface area contributed by atoms with Gasteiger partial charge in [-0.25, -0.2) is 4.39 Å². The van der Waals surface area contributed by atoms with Crippen molar-refractivity contribution in [3.63, 3.8) is 0 Å². The highest BCUT2D eigenvalue weighted by Gasteiger charge is 2.12. The zero-order valence-electron chi connectivity index (χ0n) is 8.69. The number of fused-ring (bicyclic) bond motifs is 1. The van der Waals surface area contributed by atoms with Gasteiger partial charge in [0.25, 0.3) is 0 Å². The summed E-state index contributed by atoms with van der Waals surface area (Å²) in [6, 6.07) is 5.80. The number of furan rings is 1. The lowest BCUT2D eigenvalue weighted by Gasteiger charge is -1.95. The average Bonchev–Trinajstić information content (AvgIpc) is 2.70. The molecule has 7 heteroatoms. The first-order valence-corrected chi connectivity index (χ1v) is 5.64. The molecule has 3 rings (SSSR count). The molecule has 0 N–H and O–H groups in total. The van der Waals surface area contributed by atoms with E-state index >= 15 is 0 Å². The molecular weight excluding hydrogens is 280 g/mol. The maximum absolute atomic E-state index is 13.1. The third-order valence-electron chi connectivity index (χ3n) is 2.28. The van der Waals surface area contributed by atoms with Crippen molar-refractivity contribution >= 4 is 34.2 Å². The van der Waals surface area contributed by atoms with Gasteiger partial charge in [-0.3, -0.25) is 0 Å². The van der Waals surface area contributed by atoms with Gasteiger partial charge in [-0.2, -0.15) is 15.0 Å². The Bertz CT molecular complexity index is 724. The minimum absolute atomic E-state index is 0.0309. The summed E-state index contributed by atoms with van der Waals surface area (Å²) in [4.78, 5) is 11.4. The normalized spacial score (nSPS) is 11.1. The lowest BCUT2D eigenvalue weighted by atomic mass is 10.2. The largest absolute Gasteiger partial charge is 0.453 e. The van der Waals surface area contributed by atoms with Crippen LogP contribution in [0.1, 0.15) is 0 Å². The molecule has 3 aromatic rings. The molecule has 0 unspecified atom stereocenters. The highest BCUT2D eigenvalue weighted by atomic mass is 35.5. The van der Waals surface area contributed by atoms with Crippen LogP contribution in [-0.2, 0) is 0 Å². The smallest absolute Gasteiger partial charge is 0.227 e. The lowest BCUT2D eigenvalue weighted by Crippen LogP contribution is -1.92. The molecule has 0 amide bonds. The van der Waals surface area contributed by atoms with Crippen molar-refractivity contribution in [3.05, 3.63) is 40.6 Å². The monoisotopic (exact) mass is 283 g/mol. The van der Waals surface area contributed by atoms with Gasteiger partial charge in [0, 0.05) is 5.39 Å². The molecule has 0 saturated carbocycles. The van der Waals surface area contributed by atoms with E-state index in [0.717, 1.165) is 0 Å². The Kier molecular flexibility index (Phi) is 2.65. The van der Waals surface area contributed by atoms with E-state index in [-0.39, 0.29) is 22.2 Å². The van der Waals surface area contributed by atoms with Crippen LogP contribution in [-0.4, -0.2) is 15.0 Å². The SMILES string of the molecule is Fc1ccc2oc(-c3nc(Cl)nc(Cl)n3)cc2c1. The predicted octanol–water partition coefficient (Wildman–Crippen LogP) is 3.73. The van der Waals surface area contributed by atoms with Crippen LogP contribution in [0.3, 0.4) is 0 Å². The number of halogens is 3. The van der Waals surface area contributed by atoms with E-state index in [1.807, 2.05) is 0 Å². The van der Waals surface area contributed by atoms with Crippen molar-refractivity contribution in [2.45, 2.75) is 0 Å². The van der Waals surface area contributed by atoms with Crippen LogP contribution >= 0.6 is 23.2 Å². The third kappa shape index (κ3) is 2.02. The van der Waals surface area contributed by atoms with E-state index in [9.17, 15) is 4.39 Å². The molecule has 0 fully saturated rings. The standard InChI is InChI=1S/C11H4Cl2FN3O/c12-10-15-9(16-11(13)17-10)8-4-5-3-6(14)1-2-7(5)18-8/h1-4H. The molecule has 4 nitrogen and oxygen atoms in total. The highest BCUT2D eigenvalue weighted by molar-refractivity contribution is 6.31. The minimum atomic E-state index is -0.346. The topological polar surface area (TPSA) is 51.8 Å². The Morgan fingerprint density at radius 2 is 1.72 bits per heavy atom. The molecule has 1 aromatic carbocycles. The molecule has 0 atom stereocenters. The number of nitrogens with zero attached hydrogens (tertiary/aromatic N) is 3. The van der Waals surface area contributed by atoms with Gasteiger partial charge >= 0.3 is 0 Å². The summed E-state index contributed by atoms with van der Waals surface area (Å²) in [5.41, 5.74) is 0.527. The van der Waals surface area contributed by atoms with Gasteiger partial charge in [0.2, 0.25) is 16.4 Å². The summed E-state index contributed by atoms with van der Waals surface area (Å²) in [6.07, 6.45) is 0. The first-order valence-electron chi connectivity index (χ1n) is 4.88. The first kappa shape index (κ1) is 11.4. The number of aromatic nitrogens is 3. The van der Waals surface area contributed by atoms with Crippen molar-refractivity contribution in [2.24, 2.45) is 0 Å². The fourth-order valence-corrected chi connectivity index (χ4v) is 1.92. The summed E-state index contributed by atoms with van der Waals surface area (Å²) in [5.74, 6) is 0.208. The number of rotatable bonds is 1. The summed E-state index contributed by atoms with van der Waals surface area (Å²) in [7, 11) is 0. The first-order chi connectivity index (χ1) is 8.61. The van der Waals surface area contributed by atoms with Crippen LogP contribution in [0.25, 0.3) is 22.6 Å². The second-order valence-corrected chi connectivity index (χ2v) is 4.17. The van der Waals surface area contributed by atoms with Crippen molar-refractivity contribution in [2.75, 3.05) is 0 Å². The molecule has 0 radical (unpaired) electrons. The molecule has 90 valence electrons. The summed E-state index contributed by atoms with van der Waals surface area (Å²) in [6.45, 7) is 0. The molecule has 2 heterocycles. The lowest BCUT2D eigenvalue weighted by molar-refractivity contribution is 0.615. The maximum Gasteiger partial charge on any atom is 0.227 e. The molecule has 0 spiro atoms. The second-order valence-electron chi connectivity index (χ2n) is 3.49. The zero-order chi connectivity index (χ0) is 12.7. The Balaban J connectivity index is 2.19. The minimum Gasteiger partial charge on any atom is -0.453 e. The van der Waals surface area contributed by atoms with Gasteiger partial charge in [0.05, 0.1) is 0 Å². The fraction of sp³-hybridized carbons (Fsp3) is 0. The van der Waals surface area contributed by atoms with Crippen LogP contribution in [0.15, 0.2) is 28.7 Å². The molecular formula is C11H4Cl2FN3O. The van der Waals surface area contributed by atoms with E-state index in [1.165, 1.54) is 18.2 Å². The van der Waals surface area contributed by atoms with Crippen LogP contribution < -0.4 is 0 Å². The van der Waals surface area contributed by atoms with Crippen molar-refractivity contribution < 1.29 is 8.81 Å². The number of hydrogen-bond donors (Lipinski definition) is 0. The van der Waals surface area contributed by atoms with E-state index < -0.39 is 0 Å². The summed E-state index contributed by atoms with van der Waals surface area (Å²) in [5, 5.41) is 0.547. The summed E-state index contributed by atoms with van der Waals surface area (Å²) >= 11 is 11.4. The van der Waals surface area contributed by atoms with Crippen molar-refractivity contribution in [1.29, 1.82) is 0 Å². The van der Waals surface area contributed by atoms with Crippen molar-refractivity contribution in [1.82, 2.24) is 15.0 Å². The summed E-state index contributed by atoms with van der Waals surface area (Å²) < 4.78 is 18.5. The van der Waals surface area contributed by atoms with E-state index in [1.54, 1.807) is 6.07 Å². The van der Waals surface area contributed by atoms with Crippen LogP contribution in [0.4, 0.5) is 4.39 Å². The number of benzene rings is 1. The van der Waals surface area contributed by atoms with Crippen LogP contribution in [0.2, 0.25) is 10.6 Å². The van der Waals surface area contributed by atoms with Gasteiger partial charge in [0.1, 0.15) is 11.4 Å². The molecule has 0 saturated heterocycles. The van der Waals surface area contributed by atoms with E-state index in [0.29, 0.717) is 16.7 Å². The third-order valence-corrected chi connectivity index (χ3v) is 2.62. The Morgan fingerprint density at radius 1 is 1.00 bits per heavy atom. The highest BCUT2D eigenvalue weighted by Crippen LogP contribution is 2.27. The molecule has 0 aliphatic rings.